The number of anilines is 2. The fourth-order valence-electron chi connectivity index (χ4n) is 1.49. The third kappa shape index (κ3) is 3.57. The van der Waals surface area contributed by atoms with Gasteiger partial charge in [-0.05, 0) is 23.8 Å². The lowest BCUT2D eigenvalue weighted by molar-refractivity contribution is -0.141. The minimum atomic E-state index is -4.48. The summed E-state index contributed by atoms with van der Waals surface area (Å²) in [5.74, 6) is -0.0720. The van der Waals surface area contributed by atoms with Crippen LogP contribution < -0.4 is 11.1 Å². The summed E-state index contributed by atoms with van der Waals surface area (Å²) in [6, 6.07) is 7.84. The summed E-state index contributed by atoms with van der Waals surface area (Å²) in [5, 5.41) is 2.72. The van der Waals surface area contributed by atoms with Crippen LogP contribution in [0, 0.1) is 0 Å². The van der Waals surface area contributed by atoms with Gasteiger partial charge in [0.2, 0.25) is 5.95 Å². The fraction of sp³-hybridized carbons (Fsp3) is 0.167. The first-order valence-corrected chi connectivity index (χ1v) is 5.44. The van der Waals surface area contributed by atoms with Crippen molar-refractivity contribution in [3.05, 3.63) is 47.8 Å². The summed E-state index contributed by atoms with van der Waals surface area (Å²) < 4.78 is 37.3. The van der Waals surface area contributed by atoms with Gasteiger partial charge in [-0.3, -0.25) is 0 Å². The number of nitrogen functional groups attached to an aromatic ring is 1. The zero-order valence-electron chi connectivity index (χ0n) is 9.78. The number of nitrogens with zero attached hydrogens (tertiary/aromatic N) is 2. The molecule has 1 aromatic heterocycles. The zero-order valence-corrected chi connectivity index (χ0v) is 9.78. The first-order chi connectivity index (χ1) is 8.95. The van der Waals surface area contributed by atoms with E-state index in [0.717, 1.165) is 17.8 Å². The lowest BCUT2D eigenvalue weighted by Crippen LogP contribution is -2.11. The van der Waals surface area contributed by atoms with Gasteiger partial charge in [-0.15, -0.1) is 0 Å². The Morgan fingerprint density at radius 1 is 1.21 bits per heavy atom. The van der Waals surface area contributed by atoms with Gasteiger partial charge in [0.25, 0.3) is 0 Å². The molecule has 0 radical (unpaired) electrons. The molecule has 0 amide bonds. The molecule has 0 aliphatic heterocycles. The molecule has 100 valence electrons. The van der Waals surface area contributed by atoms with Crippen LogP contribution in [0.15, 0.2) is 36.5 Å². The van der Waals surface area contributed by atoms with Crippen LogP contribution in [0.4, 0.5) is 24.8 Å². The van der Waals surface area contributed by atoms with Crippen LogP contribution in [0.5, 0.6) is 0 Å². The first kappa shape index (κ1) is 13.1. The van der Waals surface area contributed by atoms with Crippen LogP contribution in [0.1, 0.15) is 11.3 Å². The zero-order chi connectivity index (χ0) is 13.9. The monoisotopic (exact) mass is 268 g/mol. The minimum absolute atomic E-state index is 0.0720. The minimum Gasteiger partial charge on any atom is -0.399 e. The van der Waals surface area contributed by atoms with Gasteiger partial charge >= 0.3 is 6.18 Å². The molecular formula is C12H11F3N4. The van der Waals surface area contributed by atoms with Crippen molar-refractivity contribution in [3.8, 4) is 0 Å². The number of hydrogen-bond donors (Lipinski definition) is 2. The third-order valence-electron chi connectivity index (χ3n) is 2.35. The van der Waals surface area contributed by atoms with Gasteiger partial charge in [0.1, 0.15) is 5.69 Å². The number of halogens is 3. The number of alkyl halides is 3. The number of aromatic nitrogens is 2. The van der Waals surface area contributed by atoms with Gasteiger partial charge in [-0.25, -0.2) is 9.97 Å². The number of rotatable bonds is 3. The average Bonchev–Trinajstić information content (AvgIpc) is 2.36. The molecule has 1 heterocycles. The summed E-state index contributed by atoms with van der Waals surface area (Å²) in [7, 11) is 0. The highest BCUT2D eigenvalue weighted by molar-refractivity contribution is 5.41. The van der Waals surface area contributed by atoms with E-state index in [-0.39, 0.29) is 5.95 Å². The highest BCUT2D eigenvalue weighted by Gasteiger charge is 2.32. The molecule has 19 heavy (non-hydrogen) atoms. The molecule has 3 N–H and O–H groups in total. The highest BCUT2D eigenvalue weighted by Crippen LogP contribution is 2.27. The summed E-state index contributed by atoms with van der Waals surface area (Å²) in [4.78, 5) is 7.14. The predicted octanol–water partition coefficient (Wildman–Crippen LogP) is 2.69. The van der Waals surface area contributed by atoms with E-state index in [1.807, 2.05) is 0 Å². The highest BCUT2D eigenvalue weighted by atomic mass is 19.4. The molecule has 0 aliphatic carbocycles. The second kappa shape index (κ2) is 5.13. The topological polar surface area (TPSA) is 63.8 Å². The second-order valence-electron chi connectivity index (χ2n) is 3.86. The van der Waals surface area contributed by atoms with E-state index in [0.29, 0.717) is 12.2 Å². The van der Waals surface area contributed by atoms with E-state index in [4.69, 9.17) is 5.73 Å². The molecule has 7 heteroatoms. The maximum absolute atomic E-state index is 12.4. The van der Waals surface area contributed by atoms with Crippen molar-refractivity contribution in [2.24, 2.45) is 0 Å². The SMILES string of the molecule is Nc1cccc(CNc2nccc(C(F)(F)F)n2)c1. The van der Waals surface area contributed by atoms with Crippen LogP contribution in [0.3, 0.4) is 0 Å². The van der Waals surface area contributed by atoms with E-state index in [1.54, 1.807) is 24.3 Å². The van der Waals surface area contributed by atoms with Gasteiger partial charge in [0, 0.05) is 18.4 Å². The molecule has 4 nitrogen and oxygen atoms in total. The Labute approximate surface area is 107 Å². The van der Waals surface area contributed by atoms with Crippen molar-refractivity contribution >= 4 is 11.6 Å². The normalized spacial score (nSPS) is 11.3. The maximum Gasteiger partial charge on any atom is 0.433 e. The molecule has 0 saturated carbocycles. The van der Waals surface area contributed by atoms with Crippen LogP contribution in [-0.4, -0.2) is 9.97 Å². The number of nitrogens with two attached hydrogens (primary N) is 1. The summed E-state index contributed by atoms with van der Waals surface area (Å²) in [6.45, 7) is 0.298. The number of nitrogens with one attached hydrogen (secondary N) is 1. The van der Waals surface area contributed by atoms with Gasteiger partial charge < -0.3 is 11.1 Å². The molecule has 2 aromatic rings. The Morgan fingerprint density at radius 2 is 2.00 bits per heavy atom. The van der Waals surface area contributed by atoms with E-state index >= 15 is 0 Å². The van der Waals surface area contributed by atoms with Crippen molar-refractivity contribution in [1.82, 2.24) is 9.97 Å². The van der Waals surface area contributed by atoms with E-state index in [1.165, 1.54) is 0 Å². The summed E-state index contributed by atoms with van der Waals surface area (Å²) in [6.07, 6.45) is -3.41. The third-order valence-corrected chi connectivity index (χ3v) is 2.35. The van der Waals surface area contributed by atoms with E-state index in [9.17, 15) is 13.2 Å². The van der Waals surface area contributed by atoms with Crippen LogP contribution in [-0.2, 0) is 12.7 Å². The molecule has 0 spiro atoms. The standard InChI is InChI=1S/C12H11F3N4/c13-12(14,15)10-4-5-17-11(19-10)18-7-8-2-1-3-9(16)6-8/h1-6H,7,16H2,(H,17,18,19). The van der Waals surface area contributed by atoms with Crippen LogP contribution in [0.2, 0.25) is 0 Å². The van der Waals surface area contributed by atoms with Crippen molar-refractivity contribution in [1.29, 1.82) is 0 Å². The van der Waals surface area contributed by atoms with Gasteiger partial charge in [0.15, 0.2) is 0 Å². The van der Waals surface area contributed by atoms with Crippen molar-refractivity contribution in [2.45, 2.75) is 12.7 Å². The lowest BCUT2D eigenvalue weighted by atomic mass is 10.2. The predicted molar refractivity (Wildman–Crippen MR) is 65.2 cm³/mol. The van der Waals surface area contributed by atoms with Gasteiger partial charge in [-0.2, -0.15) is 13.2 Å². The Hall–Kier alpha value is -2.31. The van der Waals surface area contributed by atoms with Crippen molar-refractivity contribution in [3.63, 3.8) is 0 Å². The smallest absolute Gasteiger partial charge is 0.399 e. The first-order valence-electron chi connectivity index (χ1n) is 5.44. The second-order valence-corrected chi connectivity index (χ2v) is 3.86. The molecule has 0 aliphatic rings. The quantitative estimate of drug-likeness (QED) is 0.840. The number of benzene rings is 1. The lowest BCUT2D eigenvalue weighted by Gasteiger charge is -2.08. The largest absolute Gasteiger partial charge is 0.433 e. The molecule has 0 atom stereocenters. The van der Waals surface area contributed by atoms with Gasteiger partial charge in [0.05, 0.1) is 0 Å². The average molecular weight is 268 g/mol. The molecule has 0 bridgehead atoms. The molecule has 0 saturated heterocycles. The molecular weight excluding hydrogens is 257 g/mol. The van der Waals surface area contributed by atoms with Crippen LogP contribution in [0.25, 0.3) is 0 Å². The fourth-order valence-corrected chi connectivity index (χ4v) is 1.49. The Balaban J connectivity index is 2.08. The molecule has 1 aromatic carbocycles. The maximum atomic E-state index is 12.4. The Kier molecular flexibility index (Phi) is 3.55. The summed E-state index contributed by atoms with van der Waals surface area (Å²) >= 11 is 0. The van der Waals surface area contributed by atoms with E-state index in [2.05, 4.69) is 15.3 Å². The van der Waals surface area contributed by atoms with Crippen molar-refractivity contribution in [2.75, 3.05) is 11.1 Å². The summed E-state index contributed by atoms with van der Waals surface area (Å²) in [5.41, 5.74) is 6.05. The van der Waals surface area contributed by atoms with Crippen LogP contribution >= 0.6 is 0 Å². The van der Waals surface area contributed by atoms with E-state index < -0.39 is 11.9 Å². The Bertz CT molecular complexity index is 569. The molecule has 0 fully saturated rings. The van der Waals surface area contributed by atoms with Crippen molar-refractivity contribution < 1.29 is 13.2 Å². The molecule has 2 rings (SSSR count). The number of hydrogen-bond acceptors (Lipinski definition) is 4. The molecule has 0 unspecified atom stereocenters. The Morgan fingerprint density at radius 3 is 2.68 bits per heavy atom. The van der Waals surface area contributed by atoms with Gasteiger partial charge in [-0.1, -0.05) is 12.1 Å².